The average Bonchev–Trinajstić information content (AvgIpc) is 2.62. The molecule has 0 radical (unpaired) electrons. The molecule has 0 heterocycles. The summed E-state index contributed by atoms with van der Waals surface area (Å²) < 4.78 is 14.5. The van der Waals surface area contributed by atoms with E-state index in [9.17, 15) is 19.5 Å². The van der Waals surface area contributed by atoms with Crippen LogP contribution in [0.15, 0.2) is 30.0 Å². The van der Waals surface area contributed by atoms with Crippen molar-refractivity contribution in [3.63, 3.8) is 0 Å². The lowest BCUT2D eigenvalue weighted by molar-refractivity contribution is -0.138. The summed E-state index contributed by atoms with van der Waals surface area (Å²) in [5, 5.41) is 14.6. The standard InChI is InChI=1S/C17H22N2O7/c1-5-26-11-6-7-12(19-16(22)10(2)20)13(8-11)18-14(17(23)25-4)9-15(21)24-3/h6-10,18,20H,5H2,1-4H3,(H,19,22)/b14-9+. The molecule has 0 aromatic heterocycles. The zero-order chi connectivity index (χ0) is 19.7. The molecule has 9 heteroatoms. The van der Waals surface area contributed by atoms with Crippen LogP contribution in [0.3, 0.4) is 0 Å². The molecule has 142 valence electrons. The molecule has 0 aliphatic heterocycles. The van der Waals surface area contributed by atoms with Gasteiger partial charge in [0.15, 0.2) is 0 Å². The monoisotopic (exact) mass is 366 g/mol. The second kappa shape index (κ2) is 10.0. The lowest BCUT2D eigenvalue weighted by Crippen LogP contribution is -2.25. The molecule has 0 aliphatic carbocycles. The second-order valence-corrected chi connectivity index (χ2v) is 5.00. The van der Waals surface area contributed by atoms with Crippen LogP contribution in [0.4, 0.5) is 11.4 Å². The predicted octanol–water partition coefficient (Wildman–Crippen LogP) is 1.05. The summed E-state index contributed by atoms with van der Waals surface area (Å²) in [6.07, 6.45) is -0.320. The first kappa shape index (κ1) is 21.0. The topological polar surface area (TPSA) is 123 Å². The molecule has 1 unspecified atom stereocenters. The molecule has 0 saturated carbocycles. The minimum Gasteiger partial charge on any atom is -0.494 e. The maximum Gasteiger partial charge on any atom is 0.354 e. The number of ether oxygens (including phenoxy) is 3. The molecule has 1 aromatic rings. The van der Waals surface area contributed by atoms with Gasteiger partial charge in [0, 0.05) is 6.07 Å². The zero-order valence-electron chi connectivity index (χ0n) is 15.0. The fourth-order valence-corrected chi connectivity index (χ4v) is 1.81. The molecule has 0 spiro atoms. The van der Waals surface area contributed by atoms with Crippen molar-refractivity contribution in [1.29, 1.82) is 0 Å². The molecule has 26 heavy (non-hydrogen) atoms. The van der Waals surface area contributed by atoms with E-state index in [0.717, 1.165) is 20.3 Å². The minimum absolute atomic E-state index is 0.208. The Hall–Kier alpha value is -3.07. The molecular formula is C17H22N2O7. The van der Waals surface area contributed by atoms with Gasteiger partial charge in [-0.15, -0.1) is 0 Å². The average molecular weight is 366 g/mol. The van der Waals surface area contributed by atoms with Gasteiger partial charge in [0.1, 0.15) is 17.6 Å². The fourth-order valence-electron chi connectivity index (χ4n) is 1.81. The number of rotatable bonds is 8. The number of hydrogen-bond donors (Lipinski definition) is 3. The summed E-state index contributed by atoms with van der Waals surface area (Å²) in [5.41, 5.74) is 0.310. The van der Waals surface area contributed by atoms with Gasteiger partial charge >= 0.3 is 11.9 Å². The van der Waals surface area contributed by atoms with Crippen molar-refractivity contribution in [2.75, 3.05) is 31.5 Å². The van der Waals surface area contributed by atoms with Gasteiger partial charge in [-0.2, -0.15) is 0 Å². The molecule has 0 fully saturated rings. The molecule has 1 amide bonds. The molecule has 9 nitrogen and oxygen atoms in total. The van der Waals surface area contributed by atoms with Gasteiger partial charge in [-0.1, -0.05) is 0 Å². The third-order valence-corrected chi connectivity index (χ3v) is 3.08. The molecule has 1 rings (SSSR count). The number of esters is 2. The first-order valence-electron chi connectivity index (χ1n) is 7.73. The van der Waals surface area contributed by atoms with E-state index in [0.29, 0.717) is 12.4 Å². The number of carbonyl (C=O) groups excluding carboxylic acids is 3. The Labute approximate surface area is 150 Å². The lowest BCUT2D eigenvalue weighted by atomic mass is 10.2. The molecule has 0 saturated heterocycles. The summed E-state index contributed by atoms with van der Waals surface area (Å²) in [6, 6.07) is 4.66. The van der Waals surface area contributed by atoms with Crippen molar-refractivity contribution in [1.82, 2.24) is 0 Å². The normalized spacial score (nSPS) is 12.0. The van der Waals surface area contributed by atoms with Crippen molar-refractivity contribution < 1.29 is 33.7 Å². The van der Waals surface area contributed by atoms with Crippen LogP contribution in [0.5, 0.6) is 5.75 Å². The fraction of sp³-hybridized carbons (Fsp3) is 0.353. The Morgan fingerprint density at radius 1 is 1.15 bits per heavy atom. The maximum atomic E-state index is 11.9. The highest BCUT2D eigenvalue weighted by Crippen LogP contribution is 2.29. The molecule has 3 N–H and O–H groups in total. The first-order valence-corrected chi connectivity index (χ1v) is 7.73. The van der Waals surface area contributed by atoms with E-state index in [2.05, 4.69) is 20.1 Å². The van der Waals surface area contributed by atoms with Gasteiger partial charge in [-0.3, -0.25) is 4.79 Å². The van der Waals surface area contributed by atoms with Crippen molar-refractivity contribution in [3.8, 4) is 5.75 Å². The van der Waals surface area contributed by atoms with Crippen molar-refractivity contribution >= 4 is 29.2 Å². The van der Waals surface area contributed by atoms with Crippen LogP contribution in [-0.4, -0.2) is 49.9 Å². The summed E-state index contributed by atoms with van der Waals surface area (Å²) >= 11 is 0. The zero-order valence-corrected chi connectivity index (χ0v) is 15.0. The van der Waals surface area contributed by atoms with E-state index >= 15 is 0 Å². The predicted molar refractivity (Wildman–Crippen MR) is 93.7 cm³/mol. The number of nitrogens with one attached hydrogen (secondary N) is 2. The Kier molecular flexibility index (Phi) is 8.10. The molecule has 0 bridgehead atoms. The molecule has 1 aromatic carbocycles. The van der Waals surface area contributed by atoms with Gasteiger partial charge < -0.3 is 30.0 Å². The first-order chi connectivity index (χ1) is 12.3. The van der Waals surface area contributed by atoms with Crippen LogP contribution in [0.25, 0.3) is 0 Å². The van der Waals surface area contributed by atoms with Crippen LogP contribution in [0.2, 0.25) is 0 Å². The molecule has 0 aliphatic rings. The van der Waals surface area contributed by atoms with Gasteiger partial charge in [-0.25, -0.2) is 9.59 Å². The Bertz CT molecular complexity index is 698. The van der Waals surface area contributed by atoms with E-state index in [1.54, 1.807) is 13.0 Å². The number of carbonyl (C=O) groups is 3. The van der Waals surface area contributed by atoms with Gasteiger partial charge in [0.05, 0.1) is 38.3 Å². The lowest BCUT2D eigenvalue weighted by Gasteiger charge is -2.16. The van der Waals surface area contributed by atoms with Crippen LogP contribution in [0, 0.1) is 0 Å². The van der Waals surface area contributed by atoms with Crippen LogP contribution in [-0.2, 0) is 23.9 Å². The van der Waals surface area contributed by atoms with Crippen molar-refractivity contribution in [2.24, 2.45) is 0 Å². The Balaban J connectivity index is 3.28. The maximum absolute atomic E-state index is 11.9. The third-order valence-electron chi connectivity index (χ3n) is 3.08. The van der Waals surface area contributed by atoms with E-state index in [1.165, 1.54) is 19.1 Å². The van der Waals surface area contributed by atoms with Gasteiger partial charge in [0.2, 0.25) is 0 Å². The minimum atomic E-state index is -1.24. The van der Waals surface area contributed by atoms with E-state index < -0.39 is 23.9 Å². The number of aliphatic hydroxyl groups excluding tert-OH is 1. The molecular weight excluding hydrogens is 344 g/mol. The van der Waals surface area contributed by atoms with Gasteiger partial charge in [0.25, 0.3) is 5.91 Å². The van der Waals surface area contributed by atoms with Gasteiger partial charge in [-0.05, 0) is 26.0 Å². The van der Waals surface area contributed by atoms with Crippen LogP contribution < -0.4 is 15.4 Å². The summed E-state index contributed by atoms with van der Waals surface area (Å²) in [6.45, 7) is 3.52. The summed E-state index contributed by atoms with van der Waals surface area (Å²) in [5.74, 6) is -1.76. The highest BCUT2D eigenvalue weighted by atomic mass is 16.5. The number of hydrogen-bond acceptors (Lipinski definition) is 8. The quantitative estimate of drug-likeness (QED) is 0.461. The number of methoxy groups -OCH3 is 2. The largest absolute Gasteiger partial charge is 0.494 e. The number of anilines is 2. The number of aliphatic hydroxyl groups is 1. The third kappa shape index (κ3) is 6.10. The van der Waals surface area contributed by atoms with Crippen LogP contribution in [0.1, 0.15) is 13.8 Å². The molecule has 1 atom stereocenters. The second-order valence-electron chi connectivity index (χ2n) is 5.00. The summed E-state index contributed by atoms with van der Waals surface area (Å²) in [4.78, 5) is 35.2. The Morgan fingerprint density at radius 2 is 1.85 bits per heavy atom. The smallest absolute Gasteiger partial charge is 0.354 e. The number of amides is 1. The van der Waals surface area contributed by atoms with Crippen molar-refractivity contribution in [2.45, 2.75) is 20.0 Å². The Morgan fingerprint density at radius 3 is 2.38 bits per heavy atom. The SMILES string of the molecule is CCOc1ccc(NC(=O)C(C)O)c(N/C(=C/C(=O)OC)C(=O)OC)c1. The van der Waals surface area contributed by atoms with Crippen LogP contribution >= 0.6 is 0 Å². The number of benzene rings is 1. The highest BCUT2D eigenvalue weighted by molar-refractivity contribution is 6.01. The van der Waals surface area contributed by atoms with E-state index in [-0.39, 0.29) is 17.1 Å². The van der Waals surface area contributed by atoms with E-state index in [4.69, 9.17) is 4.74 Å². The van der Waals surface area contributed by atoms with E-state index in [1.807, 2.05) is 0 Å². The highest BCUT2D eigenvalue weighted by Gasteiger charge is 2.17. The summed E-state index contributed by atoms with van der Waals surface area (Å²) in [7, 11) is 2.32. The van der Waals surface area contributed by atoms with Crippen molar-refractivity contribution in [3.05, 3.63) is 30.0 Å².